The number of allylic oxidation sites excluding steroid dienone is 1. The molecule has 0 bridgehead atoms. The quantitative estimate of drug-likeness (QED) is 0.569. The van der Waals surface area contributed by atoms with Gasteiger partial charge in [-0.05, 0) is 50.3 Å². The highest BCUT2D eigenvalue weighted by Gasteiger charge is 1.97. The molecule has 0 aliphatic carbocycles. The summed E-state index contributed by atoms with van der Waals surface area (Å²) in [6, 6.07) is 8.11. The van der Waals surface area contributed by atoms with E-state index in [2.05, 4.69) is 19.6 Å². The summed E-state index contributed by atoms with van der Waals surface area (Å²) >= 11 is 0. The van der Waals surface area contributed by atoms with Crippen LogP contribution in [0, 0.1) is 0 Å². The van der Waals surface area contributed by atoms with Gasteiger partial charge in [0, 0.05) is 13.2 Å². The fourth-order valence-corrected chi connectivity index (χ4v) is 1.77. The van der Waals surface area contributed by atoms with Gasteiger partial charge in [0.05, 0.1) is 6.61 Å². The Labute approximate surface area is 117 Å². The average Bonchev–Trinajstić information content (AvgIpc) is 2.42. The molecule has 0 amide bonds. The van der Waals surface area contributed by atoms with Gasteiger partial charge in [-0.25, -0.2) is 0 Å². The maximum atomic E-state index is 5.74. The number of hydrogen-bond donors (Lipinski definition) is 0. The first-order valence-corrected chi connectivity index (χ1v) is 7.20. The fourth-order valence-electron chi connectivity index (χ4n) is 1.77. The lowest BCUT2D eigenvalue weighted by molar-refractivity contribution is 0.129. The zero-order valence-corrected chi connectivity index (χ0v) is 12.3. The van der Waals surface area contributed by atoms with Crippen molar-refractivity contribution in [3.63, 3.8) is 0 Å². The molecule has 2 nitrogen and oxygen atoms in total. The molecule has 1 aromatic rings. The zero-order chi connectivity index (χ0) is 13.9. The molecule has 0 radical (unpaired) electrons. The summed E-state index contributed by atoms with van der Waals surface area (Å²) in [4.78, 5) is 0. The Bertz CT molecular complexity index is 371. The van der Waals surface area contributed by atoms with E-state index in [0.29, 0.717) is 0 Å². The lowest BCUT2D eigenvalue weighted by Gasteiger charge is -2.08. The van der Waals surface area contributed by atoms with Crippen LogP contribution in [-0.4, -0.2) is 19.8 Å². The summed E-state index contributed by atoms with van der Waals surface area (Å²) in [6.07, 6.45) is 4.45. The van der Waals surface area contributed by atoms with Crippen LogP contribution in [0.2, 0.25) is 0 Å². The lowest BCUT2D eigenvalue weighted by atomic mass is 10.1. The number of hydrogen-bond acceptors (Lipinski definition) is 2. The first-order chi connectivity index (χ1) is 9.24. The van der Waals surface area contributed by atoms with Gasteiger partial charge in [0.1, 0.15) is 5.75 Å². The Balaban J connectivity index is 2.12. The highest BCUT2D eigenvalue weighted by Crippen LogP contribution is 2.18. The van der Waals surface area contributed by atoms with Crippen LogP contribution in [-0.2, 0) is 4.74 Å². The van der Waals surface area contributed by atoms with Crippen molar-refractivity contribution in [2.75, 3.05) is 19.8 Å². The summed E-state index contributed by atoms with van der Waals surface area (Å²) in [7, 11) is 0. The van der Waals surface area contributed by atoms with Crippen LogP contribution in [0.1, 0.15) is 45.1 Å². The minimum Gasteiger partial charge on any atom is -0.494 e. The Kier molecular flexibility index (Phi) is 7.99. The van der Waals surface area contributed by atoms with Crippen molar-refractivity contribution >= 4 is 5.57 Å². The lowest BCUT2D eigenvalue weighted by Crippen LogP contribution is -2.00. The van der Waals surface area contributed by atoms with Gasteiger partial charge < -0.3 is 9.47 Å². The van der Waals surface area contributed by atoms with Crippen LogP contribution in [0.4, 0.5) is 0 Å². The van der Waals surface area contributed by atoms with Crippen LogP contribution in [0.15, 0.2) is 30.8 Å². The summed E-state index contributed by atoms with van der Waals surface area (Å²) in [5.41, 5.74) is 2.21. The molecule has 0 N–H and O–H groups in total. The number of benzene rings is 1. The van der Waals surface area contributed by atoms with Crippen molar-refractivity contribution < 1.29 is 9.47 Å². The van der Waals surface area contributed by atoms with Crippen molar-refractivity contribution in [1.82, 2.24) is 0 Å². The topological polar surface area (TPSA) is 18.5 Å². The molecular formula is C17H26O2. The fraction of sp³-hybridized carbons (Fsp3) is 0.529. The van der Waals surface area contributed by atoms with Crippen molar-refractivity contribution in [2.24, 2.45) is 0 Å². The van der Waals surface area contributed by atoms with Crippen molar-refractivity contribution in [3.05, 3.63) is 36.4 Å². The predicted octanol–water partition coefficient (Wildman–Crippen LogP) is 4.70. The summed E-state index contributed by atoms with van der Waals surface area (Å²) in [5.74, 6) is 0.933. The Hall–Kier alpha value is -1.28. The molecule has 19 heavy (non-hydrogen) atoms. The Morgan fingerprint density at radius 1 is 1.11 bits per heavy atom. The third kappa shape index (κ3) is 7.02. The van der Waals surface area contributed by atoms with E-state index < -0.39 is 0 Å². The molecule has 1 aromatic carbocycles. The van der Waals surface area contributed by atoms with E-state index in [-0.39, 0.29) is 0 Å². The number of unbranched alkanes of at least 4 members (excludes halogenated alkanes) is 2. The maximum absolute atomic E-state index is 5.74. The number of ether oxygens (including phenoxy) is 2. The SMILES string of the molecule is C=C(C)c1cccc(OCCCCCOCCC)c1. The molecule has 0 saturated heterocycles. The maximum Gasteiger partial charge on any atom is 0.119 e. The van der Waals surface area contributed by atoms with E-state index in [0.717, 1.165) is 62.4 Å². The molecule has 106 valence electrons. The number of rotatable bonds is 10. The van der Waals surface area contributed by atoms with Crippen LogP contribution in [0.25, 0.3) is 5.57 Å². The zero-order valence-electron chi connectivity index (χ0n) is 12.3. The second kappa shape index (κ2) is 9.62. The highest BCUT2D eigenvalue weighted by molar-refractivity contribution is 5.62. The molecule has 2 heteroatoms. The van der Waals surface area contributed by atoms with Crippen LogP contribution in [0.3, 0.4) is 0 Å². The minimum absolute atomic E-state index is 0.771. The predicted molar refractivity (Wildman–Crippen MR) is 81.6 cm³/mol. The summed E-state index contributed by atoms with van der Waals surface area (Å²) in [5, 5.41) is 0. The largest absolute Gasteiger partial charge is 0.494 e. The normalized spacial score (nSPS) is 10.4. The smallest absolute Gasteiger partial charge is 0.119 e. The molecule has 0 spiro atoms. The molecule has 0 heterocycles. The van der Waals surface area contributed by atoms with E-state index in [9.17, 15) is 0 Å². The average molecular weight is 262 g/mol. The molecule has 0 aromatic heterocycles. The third-order valence-electron chi connectivity index (χ3n) is 2.88. The minimum atomic E-state index is 0.771. The molecule has 0 fully saturated rings. The van der Waals surface area contributed by atoms with Crippen LogP contribution >= 0.6 is 0 Å². The summed E-state index contributed by atoms with van der Waals surface area (Å²) in [6.45, 7) is 10.6. The molecule has 0 aliphatic rings. The van der Waals surface area contributed by atoms with Gasteiger partial charge in [-0.2, -0.15) is 0 Å². The van der Waals surface area contributed by atoms with Crippen molar-refractivity contribution in [3.8, 4) is 5.75 Å². The first-order valence-electron chi connectivity index (χ1n) is 7.20. The third-order valence-corrected chi connectivity index (χ3v) is 2.88. The van der Waals surface area contributed by atoms with Gasteiger partial charge in [0.2, 0.25) is 0 Å². The van der Waals surface area contributed by atoms with Gasteiger partial charge in [-0.3, -0.25) is 0 Å². The molecule has 0 unspecified atom stereocenters. The summed E-state index contributed by atoms with van der Waals surface area (Å²) < 4.78 is 11.2. The molecule has 0 atom stereocenters. The monoisotopic (exact) mass is 262 g/mol. The van der Waals surface area contributed by atoms with Gasteiger partial charge in [0.15, 0.2) is 0 Å². The van der Waals surface area contributed by atoms with E-state index in [4.69, 9.17) is 9.47 Å². The van der Waals surface area contributed by atoms with Crippen LogP contribution < -0.4 is 4.74 Å². The van der Waals surface area contributed by atoms with Crippen molar-refractivity contribution in [2.45, 2.75) is 39.5 Å². The van der Waals surface area contributed by atoms with Gasteiger partial charge >= 0.3 is 0 Å². The van der Waals surface area contributed by atoms with E-state index in [1.165, 1.54) is 0 Å². The molecule has 1 rings (SSSR count). The molecule has 0 saturated carbocycles. The van der Waals surface area contributed by atoms with Gasteiger partial charge in [-0.15, -0.1) is 0 Å². The van der Waals surface area contributed by atoms with E-state index in [1.807, 2.05) is 25.1 Å². The second-order valence-electron chi connectivity index (χ2n) is 4.83. The van der Waals surface area contributed by atoms with Crippen LogP contribution in [0.5, 0.6) is 5.75 Å². The standard InChI is InChI=1S/C17H26O2/c1-4-11-18-12-6-5-7-13-19-17-10-8-9-16(14-17)15(2)3/h8-10,14H,2,4-7,11-13H2,1,3H3. The van der Waals surface area contributed by atoms with E-state index in [1.54, 1.807) is 0 Å². The second-order valence-corrected chi connectivity index (χ2v) is 4.83. The van der Waals surface area contributed by atoms with Gasteiger partial charge in [0.25, 0.3) is 0 Å². The molecule has 0 aliphatic heterocycles. The van der Waals surface area contributed by atoms with Gasteiger partial charge in [-0.1, -0.05) is 31.2 Å². The highest BCUT2D eigenvalue weighted by atomic mass is 16.5. The van der Waals surface area contributed by atoms with E-state index >= 15 is 0 Å². The Morgan fingerprint density at radius 3 is 2.63 bits per heavy atom. The Morgan fingerprint density at radius 2 is 1.89 bits per heavy atom. The van der Waals surface area contributed by atoms with Crippen molar-refractivity contribution in [1.29, 1.82) is 0 Å². The first kappa shape index (κ1) is 15.8. The molecular weight excluding hydrogens is 236 g/mol.